The van der Waals surface area contributed by atoms with E-state index in [2.05, 4.69) is 5.32 Å². The minimum absolute atomic E-state index is 0.0337. The molecule has 100 valence electrons. The van der Waals surface area contributed by atoms with Crippen LogP contribution in [0.5, 0.6) is 0 Å². The SMILES string of the molecule is Cc1ccc(N2C(=O)C[C@]3(CCCNC3)C2=O)cc1. The lowest BCUT2D eigenvalue weighted by Gasteiger charge is -2.31. The molecule has 2 fully saturated rings. The molecule has 1 aromatic rings. The van der Waals surface area contributed by atoms with Gasteiger partial charge in [0, 0.05) is 13.0 Å². The summed E-state index contributed by atoms with van der Waals surface area (Å²) in [4.78, 5) is 26.2. The first-order chi connectivity index (χ1) is 9.12. The third-order valence-corrected chi connectivity index (χ3v) is 4.16. The fourth-order valence-electron chi connectivity index (χ4n) is 3.05. The van der Waals surface area contributed by atoms with Crippen molar-refractivity contribution in [2.45, 2.75) is 26.2 Å². The Labute approximate surface area is 112 Å². The summed E-state index contributed by atoms with van der Waals surface area (Å²) in [5, 5.41) is 3.25. The van der Waals surface area contributed by atoms with Crippen LogP contribution in [0.4, 0.5) is 5.69 Å². The first-order valence-electron chi connectivity index (χ1n) is 6.77. The monoisotopic (exact) mass is 258 g/mol. The topological polar surface area (TPSA) is 49.4 Å². The first-order valence-corrected chi connectivity index (χ1v) is 6.77. The van der Waals surface area contributed by atoms with Crippen molar-refractivity contribution >= 4 is 17.5 Å². The number of hydrogen-bond donors (Lipinski definition) is 1. The second-order valence-electron chi connectivity index (χ2n) is 5.61. The summed E-state index contributed by atoms with van der Waals surface area (Å²) in [6.45, 7) is 3.55. The number of hydrogen-bond acceptors (Lipinski definition) is 3. The molecule has 2 amide bonds. The minimum Gasteiger partial charge on any atom is -0.316 e. The van der Waals surface area contributed by atoms with E-state index in [1.54, 1.807) is 0 Å². The summed E-state index contributed by atoms with van der Waals surface area (Å²) in [7, 11) is 0. The zero-order chi connectivity index (χ0) is 13.5. The lowest BCUT2D eigenvalue weighted by atomic mass is 9.79. The quantitative estimate of drug-likeness (QED) is 0.779. The van der Waals surface area contributed by atoms with Gasteiger partial charge in [-0.25, -0.2) is 0 Å². The number of rotatable bonds is 1. The van der Waals surface area contributed by atoms with Gasteiger partial charge >= 0.3 is 0 Å². The molecule has 1 N–H and O–H groups in total. The van der Waals surface area contributed by atoms with Gasteiger partial charge in [-0.05, 0) is 38.4 Å². The van der Waals surface area contributed by atoms with E-state index in [9.17, 15) is 9.59 Å². The number of carbonyl (C=O) groups is 2. The Kier molecular flexibility index (Phi) is 2.90. The zero-order valence-corrected chi connectivity index (χ0v) is 11.1. The Balaban J connectivity index is 1.92. The minimum atomic E-state index is -0.500. The van der Waals surface area contributed by atoms with E-state index in [0.717, 1.165) is 24.9 Å². The van der Waals surface area contributed by atoms with E-state index in [-0.39, 0.29) is 11.8 Å². The number of aryl methyl sites for hydroxylation is 1. The van der Waals surface area contributed by atoms with E-state index in [0.29, 0.717) is 18.7 Å². The average Bonchev–Trinajstić information content (AvgIpc) is 2.64. The summed E-state index contributed by atoms with van der Waals surface area (Å²) in [5.74, 6) is -0.105. The number of carbonyl (C=O) groups excluding carboxylic acids is 2. The molecule has 0 saturated carbocycles. The number of amides is 2. The first kappa shape index (κ1) is 12.4. The molecule has 1 aromatic carbocycles. The molecule has 0 aliphatic carbocycles. The highest BCUT2D eigenvalue weighted by molar-refractivity contribution is 6.22. The van der Waals surface area contributed by atoms with Gasteiger partial charge in [0.25, 0.3) is 0 Å². The van der Waals surface area contributed by atoms with Gasteiger partial charge in [-0.15, -0.1) is 0 Å². The van der Waals surface area contributed by atoms with E-state index < -0.39 is 5.41 Å². The van der Waals surface area contributed by atoms with Crippen LogP contribution < -0.4 is 10.2 Å². The van der Waals surface area contributed by atoms with Crippen molar-refractivity contribution in [3.8, 4) is 0 Å². The Bertz CT molecular complexity index is 515. The normalized spacial score (nSPS) is 27.3. The van der Waals surface area contributed by atoms with Crippen molar-refractivity contribution in [2.24, 2.45) is 5.41 Å². The molecule has 3 rings (SSSR count). The molecular weight excluding hydrogens is 240 g/mol. The average molecular weight is 258 g/mol. The Morgan fingerprint density at radius 2 is 1.95 bits per heavy atom. The van der Waals surface area contributed by atoms with Gasteiger partial charge in [-0.2, -0.15) is 0 Å². The van der Waals surface area contributed by atoms with Crippen LogP contribution in [0.3, 0.4) is 0 Å². The van der Waals surface area contributed by atoms with Crippen LogP contribution in [-0.2, 0) is 9.59 Å². The van der Waals surface area contributed by atoms with E-state index in [4.69, 9.17) is 0 Å². The second-order valence-corrected chi connectivity index (χ2v) is 5.61. The number of imide groups is 1. The lowest BCUT2D eigenvalue weighted by Crippen LogP contribution is -2.45. The smallest absolute Gasteiger partial charge is 0.241 e. The zero-order valence-electron chi connectivity index (χ0n) is 11.1. The highest BCUT2D eigenvalue weighted by Gasteiger charge is 2.52. The Morgan fingerprint density at radius 3 is 2.58 bits per heavy atom. The Morgan fingerprint density at radius 1 is 1.21 bits per heavy atom. The molecular formula is C15H18N2O2. The number of piperidine rings is 1. The van der Waals surface area contributed by atoms with Gasteiger partial charge in [0.05, 0.1) is 11.1 Å². The molecule has 1 spiro atoms. The molecule has 2 aliphatic heterocycles. The molecule has 2 heterocycles. The van der Waals surface area contributed by atoms with Gasteiger partial charge in [-0.1, -0.05) is 17.7 Å². The van der Waals surface area contributed by atoms with E-state index in [1.807, 2.05) is 31.2 Å². The third-order valence-electron chi connectivity index (χ3n) is 4.16. The van der Waals surface area contributed by atoms with Crippen molar-refractivity contribution < 1.29 is 9.59 Å². The number of benzene rings is 1. The van der Waals surface area contributed by atoms with Crippen molar-refractivity contribution in [3.63, 3.8) is 0 Å². The summed E-state index contributed by atoms with van der Waals surface area (Å²) in [5.41, 5.74) is 1.32. The molecule has 19 heavy (non-hydrogen) atoms. The Hall–Kier alpha value is -1.68. The molecule has 0 bridgehead atoms. The third kappa shape index (κ3) is 1.96. The predicted octanol–water partition coefficient (Wildman–Crippen LogP) is 1.63. The maximum Gasteiger partial charge on any atom is 0.241 e. The van der Waals surface area contributed by atoms with Crippen molar-refractivity contribution in [1.29, 1.82) is 0 Å². The maximum absolute atomic E-state index is 12.6. The van der Waals surface area contributed by atoms with Crippen molar-refractivity contribution in [2.75, 3.05) is 18.0 Å². The number of nitrogens with one attached hydrogen (secondary N) is 1. The lowest BCUT2D eigenvalue weighted by molar-refractivity contribution is -0.126. The summed E-state index contributed by atoms with van der Waals surface area (Å²) in [6, 6.07) is 7.56. The van der Waals surface area contributed by atoms with Gasteiger partial charge in [0.2, 0.25) is 11.8 Å². The van der Waals surface area contributed by atoms with Crippen molar-refractivity contribution in [1.82, 2.24) is 5.32 Å². The van der Waals surface area contributed by atoms with Crippen LogP contribution in [0.1, 0.15) is 24.8 Å². The predicted molar refractivity (Wildman–Crippen MR) is 72.8 cm³/mol. The van der Waals surface area contributed by atoms with Crippen LogP contribution >= 0.6 is 0 Å². The summed E-state index contributed by atoms with van der Waals surface area (Å²) in [6.07, 6.45) is 2.11. The van der Waals surface area contributed by atoms with E-state index >= 15 is 0 Å². The molecule has 4 nitrogen and oxygen atoms in total. The molecule has 2 aliphatic rings. The molecule has 0 unspecified atom stereocenters. The maximum atomic E-state index is 12.6. The number of nitrogens with zero attached hydrogens (tertiary/aromatic N) is 1. The van der Waals surface area contributed by atoms with Crippen LogP contribution in [0.2, 0.25) is 0 Å². The summed E-state index contributed by atoms with van der Waals surface area (Å²) >= 11 is 0. The van der Waals surface area contributed by atoms with Gasteiger partial charge < -0.3 is 5.32 Å². The number of anilines is 1. The van der Waals surface area contributed by atoms with Crippen molar-refractivity contribution in [3.05, 3.63) is 29.8 Å². The fraction of sp³-hybridized carbons (Fsp3) is 0.467. The van der Waals surface area contributed by atoms with Crippen LogP contribution in [0.15, 0.2) is 24.3 Å². The van der Waals surface area contributed by atoms with Gasteiger partial charge in [-0.3, -0.25) is 14.5 Å². The fourth-order valence-corrected chi connectivity index (χ4v) is 3.05. The largest absolute Gasteiger partial charge is 0.316 e. The standard InChI is InChI=1S/C15H18N2O2/c1-11-3-5-12(6-4-11)17-13(18)9-15(14(17)19)7-2-8-16-10-15/h3-6,16H,2,7-10H2,1H3/t15-/m0/s1. The van der Waals surface area contributed by atoms with Gasteiger partial charge in [0.1, 0.15) is 0 Å². The van der Waals surface area contributed by atoms with Crippen LogP contribution in [0, 0.1) is 12.3 Å². The van der Waals surface area contributed by atoms with E-state index in [1.165, 1.54) is 4.90 Å². The van der Waals surface area contributed by atoms with Gasteiger partial charge in [0.15, 0.2) is 0 Å². The molecule has 0 radical (unpaired) electrons. The highest BCUT2D eigenvalue weighted by Crippen LogP contribution is 2.40. The molecule has 2 saturated heterocycles. The molecule has 0 aromatic heterocycles. The van der Waals surface area contributed by atoms with Crippen LogP contribution in [0.25, 0.3) is 0 Å². The summed E-state index contributed by atoms with van der Waals surface area (Å²) < 4.78 is 0. The second kappa shape index (κ2) is 4.46. The molecule has 1 atom stereocenters. The molecule has 4 heteroatoms. The highest BCUT2D eigenvalue weighted by atomic mass is 16.2. The van der Waals surface area contributed by atoms with Crippen LogP contribution in [-0.4, -0.2) is 24.9 Å².